The molecule has 158 valence electrons. The van der Waals surface area contributed by atoms with Gasteiger partial charge < -0.3 is 5.11 Å². The maximum Gasteiger partial charge on any atom is 0.234 e. The van der Waals surface area contributed by atoms with Crippen LogP contribution in [0.4, 0.5) is 0 Å². The molecule has 2 bridgehead atoms. The second kappa shape index (κ2) is 6.69. The van der Waals surface area contributed by atoms with Crippen LogP contribution in [0, 0.1) is 27.6 Å². The van der Waals surface area contributed by atoms with Gasteiger partial charge in [-0.2, -0.15) is 4.91 Å². The normalized spacial score (nSPS) is 33.9. The van der Waals surface area contributed by atoms with Gasteiger partial charge in [0, 0.05) is 10.8 Å². The Morgan fingerprint density at radius 1 is 0.839 bits per heavy atom. The summed E-state index contributed by atoms with van der Waals surface area (Å²) in [6.07, 6.45) is -0.889. The van der Waals surface area contributed by atoms with Crippen LogP contribution in [0.1, 0.15) is 25.0 Å². The van der Waals surface area contributed by atoms with Crippen molar-refractivity contribution in [2.24, 2.45) is 27.8 Å². The molecule has 4 unspecified atom stereocenters. The van der Waals surface area contributed by atoms with Crippen molar-refractivity contribution < 1.29 is 14.7 Å². The van der Waals surface area contributed by atoms with E-state index in [-0.39, 0.29) is 24.9 Å². The van der Waals surface area contributed by atoms with Crippen molar-refractivity contribution in [3.63, 3.8) is 0 Å². The van der Waals surface area contributed by atoms with Gasteiger partial charge in [-0.3, -0.25) is 14.5 Å². The molecule has 1 N–H and O–H groups in total. The quantitative estimate of drug-likeness (QED) is 0.598. The van der Waals surface area contributed by atoms with E-state index < -0.39 is 28.8 Å². The first kappa shape index (κ1) is 19.8. The lowest BCUT2D eigenvalue weighted by molar-refractivity contribution is -0.143. The Morgan fingerprint density at radius 2 is 1.26 bits per heavy atom. The third kappa shape index (κ3) is 2.31. The number of aliphatic hydroxyl groups excluding tert-OH is 1. The number of hydrogen-bond acceptors (Lipinski definition) is 5. The van der Waals surface area contributed by atoms with Crippen molar-refractivity contribution in [1.29, 1.82) is 0 Å². The Morgan fingerprint density at radius 3 is 1.65 bits per heavy atom. The molecule has 1 aliphatic heterocycles. The monoisotopic (exact) mass is 416 g/mol. The second-order valence-corrected chi connectivity index (χ2v) is 9.09. The standard InChI is InChI=1S/C25H24N2O4/c1-24-17(15-9-5-3-6-10-15)18(16-11-7-4-8-12-16)25(2,23(24)30)20-19(24)21(28)27(22(20)29)14-13-26-31/h3-12,19-20,23,30H,13-14H2,1-2H3. The van der Waals surface area contributed by atoms with Crippen molar-refractivity contribution >= 4 is 23.0 Å². The van der Waals surface area contributed by atoms with Crippen molar-refractivity contribution in [3.05, 3.63) is 76.7 Å². The van der Waals surface area contributed by atoms with E-state index in [0.29, 0.717) is 0 Å². The molecule has 1 saturated heterocycles. The van der Waals surface area contributed by atoms with Crippen LogP contribution in [0.25, 0.3) is 11.1 Å². The number of carbonyl (C=O) groups is 2. The molecule has 0 radical (unpaired) electrons. The lowest BCUT2D eigenvalue weighted by atomic mass is 9.63. The smallest absolute Gasteiger partial charge is 0.234 e. The molecule has 31 heavy (non-hydrogen) atoms. The van der Waals surface area contributed by atoms with Gasteiger partial charge >= 0.3 is 0 Å². The van der Waals surface area contributed by atoms with Crippen molar-refractivity contribution in [3.8, 4) is 0 Å². The van der Waals surface area contributed by atoms with Crippen LogP contribution in [0.15, 0.2) is 65.8 Å². The number of likely N-dealkylation sites (tertiary alicyclic amines) is 1. The Bertz CT molecular complexity index is 1030. The van der Waals surface area contributed by atoms with Crippen molar-refractivity contribution in [2.45, 2.75) is 20.0 Å². The Labute approximate surface area is 180 Å². The molecular weight excluding hydrogens is 392 g/mol. The average molecular weight is 416 g/mol. The molecule has 0 aromatic heterocycles. The zero-order valence-electron chi connectivity index (χ0n) is 17.5. The van der Waals surface area contributed by atoms with E-state index in [9.17, 15) is 19.6 Å². The fraction of sp³-hybridized carbons (Fsp3) is 0.360. The highest BCUT2D eigenvalue weighted by atomic mass is 16.3. The van der Waals surface area contributed by atoms with Gasteiger partial charge in [0.25, 0.3) is 0 Å². The first-order valence-corrected chi connectivity index (χ1v) is 10.6. The molecule has 2 aromatic carbocycles. The summed E-state index contributed by atoms with van der Waals surface area (Å²) in [5.74, 6) is -1.97. The fourth-order valence-electron chi connectivity index (χ4n) is 6.50. The van der Waals surface area contributed by atoms with Crippen LogP contribution in [-0.2, 0) is 9.59 Å². The zero-order valence-corrected chi connectivity index (χ0v) is 17.5. The van der Waals surface area contributed by atoms with Crippen LogP contribution >= 0.6 is 0 Å². The molecule has 0 spiro atoms. The van der Waals surface area contributed by atoms with Gasteiger partial charge in [0.15, 0.2) is 0 Å². The number of aliphatic hydroxyl groups is 1. The maximum absolute atomic E-state index is 13.4. The largest absolute Gasteiger partial charge is 0.391 e. The molecule has 2 aliphatic carbocycles. The van der Waals surface area contributed by atoms with Gasteiger partial charge in [-0.1, -0.05) is 79.7 Å². The highest BCUT2D eigenvalue weighted by Crippen LogP contribution is 2.75. The minimum Gasteiger partial charge on any atom is -0.391 e. The number of rotatable bonds is 5. The number of imide groups is 1. The van der Waals surface area contributed by atoms with Crippen LogP contribution in [-0.4, -0.2) is 41.0 Å². The molecule has 6 heteroatoms. The molecule has 2 amide bonds. The number of hydrogen-bond donors (Lipinski definition) is 1. The highest BCUT2D eigenvalue weighted by molar-refractivity contribution is 6.14. The summed E-state index contributed by atoms with van der Waals surface area (Å²) in [4.78, 5) is 38.7. The number of nitroso groups, excluding NO2 is 1. The summed E-state index contributed by atoms with van der Waals surface area (Å²) in [5, 5.41) is 14.5. The summed E-state index contributed by atoms with van der Waals surface area (Å²) < 4.78 is 0. The molecule has 4 atom stereocenters. The third-order valence-corrected chi connectivity index (χ3v) is 7.69. The topological polar surface area (TPSA) is 87.0 Å². The molecule has 3 aliphatic rings. The zero-order chi connectivity index (χ0) is 22.0. The number of benzene rings is 2. The van der Waals surface area contributed by atoms with Gasteiger partial charge in [0.05, 0.1) is 31.0 Å². The molecule has 6 nitrogen and oxygen atoms in total. The van der Waals surface area contributed by atoms with Gasteiger partial charge in [0.1, 0.15) is 0 Å². The molecule has 2 aromatic rings. The van der Waals surface area contributed by atoms with Crippen LogP contribution < -0.4 is 0 Å². The summed E-state index contributed by atoms with van der Waals surface area (Å²) in [6, 6.07) is 19.6. The van der Waals surface area contributed by atoms with E-state index in [1.165, 1.54) is 4.90 Å². The molecule has 1 saturated carbocycles. The van der Waals surface area contributed by atoms with E-state index in [1.54, 1.807) is 0 Å². The molecular formula is C25H24N2O4. The first-order valence-electron chi connectivity index (χ1n) is 10.6. The number of nitrogens with zero attached hydrogens (tertiary/aromatic N) is 2. The summed E-state index contributed by atoms with van der Waals surface area (Å²) in [7, 11) is 0. The van der Waals surface area contributed by atoms with Crippen LogP contribution in [0.5, 0.6) is 0 Å². The number of amides is 2. The Balaban J connectivity index is 1.78. The van der Waals surface area contributed by atoms with Crippen molar-refractivity contribution in [1.82, 2.24) is 4.90 Å². The minimum absolute atomic E-state index is 0.0161. The van der Waals surface area contributed by atoms with E-state index in [4.69, 9.17) is 0 Å². The fourth-order valence-corrected chi connectivity index (χ4v) is 6.50. The summed E-state index contributed by atoms with van der Waals surface area (Å²) >= 11 is 0. The lowest BCUT2D eigenvalue weighted by Gasteiger charge is -2.37. The first-order chi connectivity index (χ1) is 14.9. The Hall–Kier alpha value is -3.12. The molecule has 5 rings (SSSR count). The predicted octanol–water partition coefficient (Wildman–Crippen LogP) is 3.37. The lowest BCUT2D eigenvalue weighted by Crippen LogP contribution is -2.43. The van der Waals surface area contributed by atoms with E-state index in [0.717, 1.165) is 22.3 Å². The molecule has 1 heterocycles. The second-order valence-electron chi connectivity index (χ2n) is 9.09. The SMILES string of the molecule is CC12C(c3ccccc3)=C(c3ccccc3)C(C)(C3C(=O)N(CCN=O)C(=O)C31)C2O. The highest BCUT2D eigenvalue weighted by Gasteiger charge is 2.78. The summed E-state index contributed by atoms with van der Waals surface area (Å²) in [5.41, 5.74) is 1.88. The van der Waals surface area contributed by atoms with Gasteiger partial charge in [0.2, 0.25) is 11.8 Å². The van der Waals surface area contributed by atoms with Crippen LogP contribution in [0.2, 0.25) is 0 Å². The average Bonchev–Trinajstić information content (AvgIpc) is 3.23. The van der Waals surface area contributed by atoms with E-state index in [2.05, 4.69) is 5.18 Å². The molecule has 2 fully saturated rings. The van der Waals surface area contributed by atoms with E-state index in [1.807, 2.05) is 74.5 Å². The Kier molecular flexibility index (Phi) is 4.28. The minimum atomic E-state index is -0.929. The number of carbonyl (C=O) groups excluding carboxylic acids is 2. The maximum atomic E-state index is 13.4. The van der Waals surface area contributed by atoms with Gasteiger partial charge in [-0.15, -0.1) is 0 Å². The third-order valence-electron chi connectivity index (χ3n) is 7.69. The van der Waals surface area contributed by atoms with Crippen molar-refractivity contribution in [2.75, 3.05) is 13.1 Å². The van der Waals surface area contributed by atoms with Gasteiger partial charge in [-0.05, 0) is 22.3 Å². The van der Waals surface area contributed by atoms with Crippen LogP contribution in [0.3, 0.4) is 0 Å². The predicted molar refractivity (Wildman–Crippen MR) is 116 cm³/mol. The van der Waals surface area contributed by atoms with Gasteiger partial charge in [-0.25, -0.2) is 0 Å². The van der Waals surface area contributed by atoms with E-state index >= 15 is 0 Å². The number of fused-ring (bicyclic) bond motifs is 5. The summed E-state index contributed by atoms with van der Waals surface area (Å²) in [6.45, 7) is 3.67.